The molecule has 18 heavy (non-hydrogen) atoms. The molecule has 0 aromatic heterocycles. The van der Waals surface area contributed by atoms with Crippen molar-refractivity contribution in [3.8, 4) is 0 Å². The van der Waals surface area contributed by atoms with Gasteiger partial charge in [-0.15, -0.1) is 6.58 Å². The summed E-state index contributed by atoms with van der Waals surface area (Å²) in [6, 6.07) is 0. The first-order chi connectivity index (χ1) is 8.59. The molecule has 1 amide bonds. The molecular weight excluding hydrogens is 226 g/mol. The first kappa shape index (κ1) is 13.1. The van der Waals surface area contributed by atoms with Gasteiger partial charge in [-0.2, -0.15) is 0 Å². The summed E-state index contributed by atoms with van der Waals surface area (Å²) in [5, 5.41) is 0. The number of carbonyl (C=O) groups is 1. The molecule has 2 aliphatic rings. The van der Waals surface area contributed by atoms with Crippen LogP contribution in [0.1, 0.15) is 44.9 Å². The quantitative estimate of drug-likeness (QED) is 0.775. The second kappa shape index (κ2) is 5.12. The highest BCUT2D eigenvalue weighted by atomic mass is 16.2. The molecule has 0 aromatic rings. The molecule has 1 saturated carbocycles. The molecule has 0 bridgehead atoms. The van der Waals surface area contributed by atoms with Crippen LogP contribution in [-0.4, -0.2) is 29.4 Å². The van der Waals surface area contributed by atoms with E-state index in [1.165, 1.54) is 37.0 Å². The average Bonchev–Trinajstić information content (AvgIpc) is 2.56. The van der Waals surface area contributed by atoms with Gasteiger partial charge < -0.3 is 5.73 Å². The number of nitrogens with zero attached hydrogens (tertiary/aromatic N) is 2. The number of aliphatic imine (C=N–C) groups is 1. The van der Waals surface area contributed by atoms with Crippen LogP contribution in [-0.2, 0) is 4.79 Å². The minimum atomic E-state index is -0.664. The van der Waals surface area contributed by atoms with Crippen molar-refractivity contribution in [3.63, 3.8) is 0 Å². The second-order valence-corrected chi connectivity index (χ2v) is 5.57. The molecule has 0 aromatic carbocycles. The summed E-state index contributed by atoms with van der Waals surface area (Å²) >= 11 is 0. The fraction of sp³-hybridized carbons (Fsp3) is 0.714. The maximum absolute atomic E-state index is 12.4. The normalized spacial score (nSPS) is 29.5. The monoisotopic (exact) mass is 249 g/mol. The van der Waals surface area contributed by atoms with Crippen LogP contribution in [0.15, 0.2) is 17.6 Å². The zero-order chi connectivity index (χ0) is 13.2. The first-order valence-electron chi connectivity index (χ1n) is 6.83. The molecule has 4 heteroatoms. The van der Waals surface area contributed by atoms with Crippen molar-refractivity contribution in [3.05, 3.63) is 12.7 Å². The Balaban J connectivity index is 2.16. The Morgan fingerprint density at radius 2 is 2.17 bits per heavy atom. The van der Waals surface area contributed by atoms with E-state index in [2.05, 4.69) is 11.6 Å². The summed E-state index contributed by atoms with van der Waals surface area (Å²) < 4.78 is 0. The molecule has 2 N–H and O–H groups in total. The Bertz CT molecular complexity index is 371. The average molecular weight is 249 g/mol. The van der Waals surface area contributed by atoms with Gasteiger partial charge >= 0.3 is 0 Å². The van der Waals surface area contributed by atoms with Gasteiger partial charge in [-0.3, -0.25) is 9.69 Å². The predicted octanol–water partition coefficient (Wildman–Crippen LogP) is 2.06. The van der Waals surface area contributed by atoms with Gasteiger partial charge in [0, 0.05) is 7.05 Å². The fourth-order valence-electron chi connectivity index (χ4n) is 3.22. The van der Waals surface area contributed by atoms with Crippen molar-refractivity contribution in [2.24, 2.45) is 16.6 Å². The van der Waals surface area contributed by atoms with Crippen LogP contribution in [0.3, 0.4) is 0 Å². The number of carbonyl (C=O) groups excluding carboxylic acids is 1. The van der Waals surface area contributed by atoms with E-state index in [0.717, 1.165) is 6.42 Å². The van der Waals surface area contributed by atoms with Crippen molar-refractivity contribution in [2.75, 3.05) is 7.05 Å². The minimum absolute atomic E-state index is 0.0328. The summed E-state index contributed by atoms with van der Waals surface area (Å²) in [4.78, 5) is 18.3. The Hall–Kier alpha value is -1.32. The van der Waals surface area contributed by atoms with E-state index < -0.39 is 5.54 Å². The Kier molecular flexibility index (Phi) is 3.73. The van der Waals surface area contributed by atoms with Crippen LogP contribution in [0.2, 0.25) is 0 Å². The van der Waals surface area contributed by atoms with Gasteiger partial charge in [0.15, 0.2) is 5.96 Å². The van der Waals surface area contributed by atoms with Gasteiger partial charge in [0.1, 0.15) is 5.54 Å². The Labute approximate surface area is 109 Å². The highest BCUT2D eigenvalue weighted by molar-refractivity contribution is 6.06. The number of guanidine groups is 1. The van der Waals surface area contributed by atoms with E-state index in [1.807, 2.05) is 0 Å². The Morgan fingerprint density at radius 3 is 2.67 bits per heavy atom. The minimum Gasteiger partial charge on any atom is -0.369 e. The third-order valence-electron chi connectivity index (χ3n) is 4.21. The molecule has 1 fully saturated rings. The third-order valence-corrected chi connectivity index (χ3v) is 4.21. The fourth-order valence-corrected chi connectivity index (χ4v) is 3.22. The molecule has 1 atom stereocenters. The molecular formula is C14H23N3O. The summed E-state index contributed by atoms with van der Waals surface area (Å²) in [6.45, 7) is 3.77. The van der Waals surface area contributed by atoms with Crippen LogP contribution in [0, 0.1) is 5.92 Å². The first-order valence-corrected chi connectivity index (χ1v) is 6.83. The van der Waals surface area contributed by atoms with Crippen LogP contribution >= 0.6 is 0 Å². The number of hydrogen-bond acceptors (Lipinski definition) is 3. The maximum Gasteiger partial charge on any atom is 0.257 e. The van der Waals surface area contributed by atoms with E-state index in [-0.39, 0.29) is 5.91 Å². The van der Waals surface area contributed by atoms with Crippen LogP contribution in [0.4, 0.5) is 0 Å². The lowest BCUT2D eigenvalue weighted by molar-refractivity contribution is -0.130. The lowest BCUT2D eigenvalue weighted by atomic mass is 9.78. The van der Waals surface area contributed by atoms with Crippen molar-refractivity contribution in [1.82, 2.24) is 4.90 Å². The lowest BCUT2D eigenvalue weighted by Crippen LogP contribution is -2.43. The largest absolute Gasteiger partial charge is 0.369 e. The topological polar surface area (TPSA) is 58.7 Å². The zero-order valence-corrected chi connectivity index (χ0v) is 11.2. The molecule has 2 rings (SSSR count). The van der Waals surface area contributed by atoms with E-state index in [1.54, 1.807) is 13.1 Å². The van der Waals surface area contributed by atoms with Crippen molar-refractivity contribution in [2.45, 2.75) is 50.5 Å². The van der Waals surface area contributed by atoms with E-state index in [9.17, 15) is 4.79 Å². The molecule has 1 heterocycles. The number of rotatable bonds is 4. The molecule has 0 saturated heterocycles. The van der Waals surface area contributed by atoms with E-state index >= 15 is 0 Å². The zero-order valence-electron chi connectivity index (χ0n) is 11.2. The molecule has 0 radical (unpaired) electrons. The highest BCUT2D eigenvalue weighted by Crippen LogP contribution is 2.37. The summed E-state index contributed by atoms with van der Waals surface area (Å²) in [5.74, 6) is 0.980. The smallest absolute Gasteiger partial charge is 0.257 e. The van der Waals surface area contributed by atoms with Crippen LogP contribution in [0.25, 0.3) is 0 Å². The van der Waals surface area contributed by atoms with Gasteiger partial charge in [0.25, 0.3) is 5.91 Å². The molecule has 4 nitrogen and oxygen atoms in total. The SMILES string of the molecule is C=CCC1(CC2CCCCC2)N=C(N)N(C)C1=O. The van der Waals surface area contributed by atoms with Gasteiger partial charge in [-0.1, -0.05) is 38.2 Å². The van der Waals surface area contributed by atoms with E-state index in [4.69, 9.17) is 5.73 Å². The van der Waals surface area contributed by atoms with Crippen molar-refractivity contribution in [1.29, 1.82) is 0 Å². The summed E-state index contributed by atoms with van der Waals surface area (Å²) in [5.41, 5.74) is 5.14. The Morgan fingerprint density at radius 1 is 1.50 bits per heavy atom. The molecule has 1 unspecified atom stereocenters. The maximum atomic E-state index is 12.4. The predicted molar refractivity (Wildman–Crippen MR) is 73.1 cm³/mol. The van der Waals surface area contributed by atoms with Crippen molar-refractivity contribution >= 4 is 11.9 Å². The van der Waals surface area contributed by atoms with Crippen LogP contribution in [0.5, 0.6) is 0 Å². The van der Waals surface area contributed by atoms with Gasteiger partial charge in [-0.05, 0) is 18.8 Å². The third kappa shape index (κ3) is 2.28. The molecule has 1 aliphatic carbocycles. The van der Waals surface area contributed by atoms with Crippen LogP contribution < -0.4 is 5.73 Å². The number of hydrogen-bond donors (Lipinski definition) is 1. The van der Waals surface area contributed by atoms with Crippen molar-refractivity contribution < 1.29 is 4.79 Å². The van der Waals surface area contributed by atoms with E-state index in [0.29, 0.717) is 18.3 Å². The van der Waals surface area contributed by atoms with Gasteiger partial charge in [-0.25, -0.2) is 4.99 Å². The molecule has 0 spiro atoms. The molecule has 100 valence electrons. The second-order valence-electron chi connectivity index (χ2n) is 5.57. The lowest BCUT2D eigenvalue weighted by Gasteiger charge is -2.30. The standard InChI is InChI=1S/C14H23N3O/c1-3-9-14(10-11-7-5-4-6-8-11)12(18)17(2)13(15)16-14/h3,11H,1,4-10H2,2H3,(H2,15,16). The number of nitrogens with two attached hydrogens (primary N) is 1. The number of amides is 1. The number of likely N-dealkylation sites (N-methyl/N-ethyl adjacent to an activating group) is 1. The highest BCUT2D eigenvalue weighted by Gasteiger charge is 2.46. The van der Waals surface area contributed by atoms with Gasteiger partial charge in [0.2, 0.25) is 0 Å². The molecule has 1 aliphatic heterocycles. The van der Waals surface area contributed by atoms with Gasteiger partial charge in [0.05, 0.1) is 0 Å². The summed E-state index contributed by atoms with van der Waals surface area (Å²) in [7, 11) is 1.70. The summed E-state index contributed by atoms with van der Waals surface area (Å²) in [6.07, 6.45) is 9.50.